The highest BCUT2D eigenvalue weighted by atomic mass is 79.9. The predicted octanol–water partition coefficient (Wildman–Crippen LogP) is 4.12. The normalized spacial score (nSPS) is 12.5. The van der Waals surface area contributed by atoms with Crippen LogP contribution in [0.3, 0.4) is 0 Å². The van der Waals surface area contributed by atoms with Gasteiger partial charge < -0.3 is 5.11 Å². The molecule has 0 spiro atoms. The van der Waals surface area contributed by atoms with Crippen LogP contribution in [0, 0.1) is 18.6 Å². The van der Waals surface area contributed by atoms with Crippen LogP contribution in [0.15, 0.2) is 40.9 Å². The number of aliphatic hydroxyl groups is 1. The molecule has 0 aromatic heterocycles. The summed E-state index contributed by atoms with van der Waals surface area (Å²) in [5, 5.41) is 10.2. The average Bonchev–Trinajstić information content (AvgIpc) is 2.30. The van der Waals surface area contributed by atoms with Crippen molar-refractivity contribution in [3.05, 3.63) is 69.2 Å². The zero-order valence-corrected chi connectivity index (χ0v) is 11.2. The van der Waals surface area contributed by atoms with Crippen LogP contribution >= 0.6 is 15.9 Å². The zero-order chi connectivity index (χ0) is 13.3. The Morgan fingerprint density at radius 1 is 1.06 bits per heavy atom. The van der Waals surface area contributed by atoms with Gasteiger partial charge in [-0.1, -0.05) is 22.0 Å². The molecule has 4 heteroatoms. The summed E-state index contributed by atoms with van der Waals surface area (Å²) >= 11 is 3.16. The van der Waals surface area contributed by atoms with E-state index in [1.807, 2.05) is 0 Å². The summed E-state index contributed by atoms with van der Waals surface area (Å²) in [4.78, 5) is 0. The monoisotopic (exact) mass is 312 g/mol. The lowest BCUT2D eigenvalue weighted by Crippen LogP contribution is -2.03. The van der Waals surface area contributed by atoms with Crippen LogP contribution in [0.5, 0.6) is 0 Å². The summed E-state index contributed by atoms with van der Waals surface area (Å²) in [6, 6.07) is 8.32. The van der Waals surface area contributed by atoms with Crippen molar-refractivity contribution < 1.29 is 13.9 Å². The third kappa shape index (κ3) is 2.76. The van der Waals surface area contributed by atoms with E-state index in [-0.39, 0.29) is 0 Å². The molecule has 0 bridgehead atoms. The molecule has 0 saturated heterocycles. The highest BCUT2D eigenvalue weighted by molar-refractivity contribution is 9.10. The fourth-order valence-corrected chi connectivity index (χ4v) is 2.30. The van der Waals surface area contributed by atoms with Crippen molar-refractivity contribution in [2.45, 2.75) is 13.0 Å². The number of hydrogen-bond acceptors (Lipinski definition) is 1. The van der Waals surface area contributed by atoms with Gasteiger partial charge in [0.1, 0.15) is 17.7 Å². The Kier molecular flexibility index (Phi) is 3.78. The van der Waals surface area contributed by atoms with Crippen LogP contribution in [0.4, 0.5) is 8.78 Å². The van der Waals surface area contributed by atoms with Crippen molar-refractivity contribution in [2.24, 2.45) is 0 Å². The van der Waals surface area contributed by atoms with Crippen molar-refractivity contribution in [1.29, 1.82) is 0 Å². The summed E-state index contributed by atoms with van der Waals surface area (Å²) in [7, 11) is 0. The van der Waals surface area contributed by atoms with Gasteiger partial charge in [-0.2, -0.15) is 0 Å². The number of aryl methyl sites for hydroxylation is 1. The molecule has 0 heterocycles. The van der Waals surface area contributed by atoms with E-state index in [0.717, 1.165) is 5.56 Å². The lowest BCUT2D eigenvalue weighted by atomic mass is 9.97. The standard InChI is InChI=1S/C14H11BrF2O/c1-8-2-3-11(16)7-13(8)14(18)9-4-10(15)6-12(17)5-9/h2-7,14,18H,1H3. The topological polar surface area (TPSA) is 20.2 Å². The number of aliphatic hydroxyl groups excluding tert-OH is 1. The molecule has 1 N–H and O–H groups in total. The van der Waals surface area contributed by atoms with Crippen LogP contribution < -0.4 is 0 Å². The van der Waals surface area contributed by atoms with E-state index in [4.69, 9.17) is 0 Å². The van der Waals surface area contributed by atoms with Gasteiger partial charge in [0, 0.05) is 4.47 Å². The number of benzene rings is 2. The van der Waals surface area contributed by atoms with Gasteiger partial charge in [-0.15, -0.1) is 0 Å². The minimum absolute atomic E-state index is 0.385. The summed E-state index contributed by atoms with van der Waals surface area (Å²) in [6.07, 6.45) is -1.05. The molecule has 2 aromatic rings. The number of hydrogen-bond donors (Lipinski definition) is 1. The minimum Gasteiger partial charge on any atom is -0.384 e. The third-order valence-corrected chi connectivity index (χ3v) is 3.19. The first-order valence-electron chi connectivity index (χ1n) is 5.37. The molecule has 1 atom stereocenters. The first-order chi connectivity index (χ1) is 8.47. The maximum atomic E-state index is 13.3. The molecular formula is C14H11BrF2O. The number of halogens is 3. The Morgan fingerprint density at radius 2 is 1.78 bits per heavy atom. The quantitative estimate of drug-likeness (QED) is 0.884. The second kappa shape index (κ2) is 5.16. The lowest BCUT2D eigenvalue weighted by Gasteiger charge is -2.14. The average molecular weight is 313 g/mol. The van der Waals surface area contributed by atoms with Gasteiger partial charge >= 0.3 is 0 Å². The van der Waals surface area contributed by atoms with Crippen molar-refractivity contribution in [3.8, 4) is 0 Å². The Labute approximate surface area is 112 Å². The van der Waals surface area contributed by atoms with Crippen LogP contribution in [0.2, 0.25) is 0 Å². The summed E-state index contributed by atoms with van der Waals surface area (Å²) in [5.74, 6) is -0.877. The van der Waals surface area contributed by atoms with Crippen molar-refractivity contribution in [1.82, 2.24) is 0 Å². The molecule has 0 fully saturated rings. The smallest absolute Gasteiger partial charge is 0.124 e. The van der Waals surface area contributed by atoms with E-state index in [1.54, 1.807) is 19.1 Å². The van der Waals surface area contributed by atoms with E-state index in [2.05, 4.69) is 15.9 Å². The predicted molar refractivity (Wildman–Crippen MR) is 69.3 cm³/mol. The third-order valence-electron chi connectivity index (χ3n) is 2.74. The fourth-order valence-electron chi connectivity index (χ4n) is 1.82. The molecule has 0 radical (unpaired) electrons. The second-order valence-corrected chi connectivity index (χ2v) is 5.02. The Bertz CT molecular complexity index is 564. The van der Waals surface area contributed by atoms with Gasteiger partial charge in [0.15, 0.2) is 0 Å². The van der Waals surface area contributed by atoms with Crippen LogP contribution in [0.1, 0.15) is 22.8 Å². The highest BCUT2D eigenvalue weighted by Gasteiger charge is 2.15. The van der Waals surface area contributed by atoms with E-state index in [1.165, 1.54) is 24.3 Å². The van der Waals surface area contributed by atoms with Crippen LogP contribution in [0.25, 0.3) is 0 Å². The Hall–Kier alpha value is -1.26. The van der Waals surface area contributed by atoms with E-state index >= 15 is 0 Å². The number of rotatable bonds is 2. The second-order valence-electron chi connectivity index (χ2n) is 4.11. The van der Waals surface area contributed by atoms with E-state index in [9.17, 15) is 13.9 Å². The van der Waals surface area contributed by atoms with Crippen molar-refractivity contribution in [2.75, 3.05) is 0 Å². The Balaban J connectivity index is 2.47. The molecule has 0 amide bonds. The fraction of sp³-hybridized carbons (Fsp3) is 0.143. The molecule has 0 aliphatic carbocycles. The molecule has 0 aliphatic heterocycles. The molecule has 0 aliphatic rings. The largest absolute Gasteiger partial charge is 0.384 e. The molecule has 2 aromatic carbocycles. The lowest BCUT2D eigenvalue weighted by molar-refractivity contribution is 0.218. The molecule has 0 saturated carbocycles. The summed E-state index contributed by atoms with van der Waals surface area (Å²) in [5.41, 5.74) is 1.58. The van der Waals surface area contributed by atoms with Gasteiger partial charge in [0.25, 0.3) is 0 Å². The molecule has 18 heavy (non-hydrogen) atoms. The highest BCUT2D eigenvalue weighted by Crippen LogP contribution is 2.28. The van der Waals surface area contributed by atoms with Crippen molar-refractivity contribution >= 4 is 15.9 Å². The van der Waals surface area contributed by atoms with Crippen LogP contribution in [-0.2, 0) is 0 Å². The van der Waals surface area contributed by atoms with E-state index in [0.29, 0.717) is 15.6 Å². The molecule has 2 rings (SSSR count). The summed E-state index contributed by atoms with van der Waals surface area (Å²) in [6.45, 7) is 1.77. The van der Waals surface area contributed by atoms with Gasteiger partial charge in [-0.3, -0.25) is 0 Å². The van der Waals surface area contributed by atoms with E-state index < -0.39 is 17.7 Å². The molecule has 1 nitrogen and oxygen atoms in total. The van der Waals surface area contributed by atoms with Gasteiger partial charge in [0.2, 0.25) is 0 Å². The summed E-state index contributed by atoms with van der Waals surface area (Å²) < 4.78 is 27.0. The first-order valence-corrected chi connectivity index (χ1v) is 6.17. The Morgan fingerprint density at radius 3 is 2.44 bits per heavy atom. The minimum atomic E-state index is -1.05. The van der Waals surface area contributed by atoms with Gasteiger partial charge in [-0.25, -0.2) is 8.78 Å². The van der Waals surface area contributed by atoms with Gasteiger partial charge in [0.05, 0.1) is 0 Å². The van der Waals surface area contributed by atoms with Crippen LogP contribution in [-0.4, -0.2) is 5.11 Å². The zero-order valence-electron chi connectivity index (χ0n) is 9.62. The molecule has 94 valence electrons. The molecule has 1 unspecified atom stereocenters. The maximum Gasteiger partial charge on any atom is 0.124 e. The first kappa shape index (κ1) is 13.2. The SMILES string of the molecule is Cc1ccc(F)cc1C(O)c1cc(F)cc(Br)c1. The van der Waals surface area contributed by atoms with Gasteiger partial charge in [-0.05, 0) is 53.9 Å². The molecular weight excluding hydrogens is 302 g/mol. The maximum absolute atomic E-state index is 13.3. The van der Waals surface area contributed by atoms with Crippen molar-refractivity contribution in [3.63, 3.8) is 0 Å².